The molecule has 0 spiro atoms. The van der Waals surface area contributed by atoms with Crippen LogP contribution in [0.3, 0.4) is 0 Å². The van der Waals surface area contributed by atoms with Crippen molar-refractivity contribution in [2.24, 2.45) is 11.1 Å². The van der Waals surface area contributed by atoms with Crippen LogP contribution >= 0.6 is 0 Å². The summed E-state index contributed by atoms with van der Waals surface area (Å²) in [6.45, 7) is 0. The van der Waals surface area contributed by atoms with E-state index in [9.17, 15) is 9.59 Å². The molecule has 1 saturated carbocycles. The van der Waals surface area contributed by atoms with Gasteiger partial charge in [-0.05, 0) is 30.5 Å². The van der Waals surface area contributed by atoms with Gasteiger partial charge in [0.2, 0.25) is 6.10 Å². The summed E-state index contributed by atoms with van der Waals surface area (Å²) in [4.78, 5) is 28.6. The van der Waals surface area contributed by atoms with Gasteiger partial charge in [0.15, 0.2) is 0 Å². The Kier molecular flexibility index (Phi) is 3.25. The van der Waals surface area contributed by atoms with Gasteiger partial charge in [0.25, 0.3) is 11.5 Å². The standard InChI is InChI=1S/C16H16N4O3/c21-15-8-12(18-19-15)9-3-5-11(6-4-9)17-16(22)14-7-13(20-23-14)10-1-2-10/h3-6,8,10,14H,1-2,7H2,(H,17,22)(H2,18,19,21). The molecule has 118 valence electrons. The summed E-state index contributed by atoms with van der Waals surface area (Å²) < 4.78 is 0. The zero-order valence-corrected chi connectivity index (χ0v) is 12.3. The molecule has 2 aromatic rings. The van der Waals surface area contributed by atoms with Crippen molar-refractivity contribution in [2.45, 2.75) is 25.4 Å². The maximum Gasteiger partial charge on any atom is 0.268 e. The molecule has 23 heavy (non-hydrogen) atoms. The van der Waals surface area contributed by atoms with Crippen LogP contribution in [0.5, 0.6) is 0 Å². The smallest absolute Gasteiger partial charge is 0.268 e. The molecule has 4 rings (SSSR count). The van der Waals surface area contributed by atoms with E-state index in [-0.39, 0.29) is 11.5 Å². The molecule has 2 aliphatic rings. The number of anilines is 1. The minimum Gasteiger partial charge on any atom is -0.382 e. The highest BCUT2D eigenvalue weighted by Gasteiger charge is 2.36. The highest BCUT2D eigenvalue weighted by Crippen LogP contribution is 2.35. The van der Waals surface area contributed by atoms with Crippen molar-refractivity contribution in [1.82, 2.24) is 10.2 Å². The molecule has 0 radical (unpaired) electrons. The lowest BCUT2D eigenvalue weighted by molar-refractivity contribution is -0.125. The summed E-state index contributed by atoms with van der Waals surface area (Å²) >= 11 is 0. The van der Waals surface area contributed by atoms with E-state index in [0.717, 1.165) is 24.1 Å². The first-order valence-corrected chi connectivity index (χ1v) is 7.60. The molecular weight excluding hydrogens is 296 g/mol. The molecule has 1 unspecified atom stereocenters. The molecule has 1 fully saturated rings. The summed E-state index contributed by atoms with van der Waals surface area (Å²) in [6.07, 6.45) is 2.35. The van der Waals surface area contributed by atoms with E-state index < -0.39 is 6.10 Å². The first-order valence-electron chi connectivity index (χ1n) is 7.60. The van der Waals surface area contributed by atoms with Crippen molar-refractivity contribution in [3.8, 4) is 11.3 Å². The number of aromatic nitrogens is 2. The fraction of sp³-hybridized carbons (Fsp3) is 0.312. The highest BCUT2D eigenvalue weighted by molar-refractivity contribution is 6.00. The van der Waals surface area contributed by atoms with Gasteiger partial charge in [0, 0.05) is 24.1 Å². The van der Waals surface area contributed by atoms with Gasteiger partial charge in [-0.3, -0.25) is 19.8 Å². The third-order valence-electron chi connectivity index (χ3n) is 4.09. The molecule has 0 bridgehead atoms. The largest absolute Gasteiger partial charge is 0.382 e. The van der Waals surface area contributed by atoms with Crippen LogP contribution < -0.4 is 10.9 Å². The number of amides is 1. The second-order valence-electron chi connectivity index (χ2n) is 5.89. The number of rotatable bonds is 4. The van der Waals surface area contributed by atoms with E-state index in [0.29, 0.717) is 23.7 Å². The Labute approximate surface area is 131 Å². The third kappa shape index (κ3) is 2.90. The molecule has 2 heterocycles. The number of hydrogen-bond donors (Lipinski definition) is 3. The molecule has 1 amide bonds. The molecule has 7 heteroatoms. The van der Waals surface area contributed by atoms with Crippen molar-refractivity contribution in [2.75, 3.05) is 5.32 Å². The Morgan fingerprint density at radius 2 is 2.00 bits per heavy atom. The summed E-state index contributed by atoms with van der Waals surface area (Å²) in [5.41, 5.74) is 3.08. The minimum absolute atomic E-state index is 0.178. The van der Waals surface area contributed by atoms with Crippen LogP contribution in [-0.2, 0) is 9.63 Å². The Morgan fingerprint density at radius 3 is 2.65 bits per heavy atom. The predicted molar refractivity (Wildman–Crippen MR) is 85.1 cm³/mol. The number of H-pyrrole nitrogens is 2. The SMILES string of the molecule is O=C(Nc1ccc(-c2cc(=O)[nH][nH]2)cc1)C1CC(C2CC2)=NO1. The lowest BCUT2D eigenvalue weighted by atomic mass is 10.1. The number of aromatic amines is 2. The summed E-state index contributed by atoms with van der Waals surface area (Å²) in [5.74, 6) is 0.336. The van der Waals surface area contributed by atoms with E-state index in [1.54, 1.807) is 12.1 Å². The van der Waals surface area contributed by atoms with E-state index >= 15 is 0 Å². The van der Waals surface area contributed by atoms with Crippen molar-refractivity contribution in [3.63, 3.8) is 0 Å². The number of benzene rings is 1. The molecule has 1 aliphatic carbocycles. The number of oxime groups is 1. The zero-order valence-electron chi connectivity index (χ0n) is 12.3. The molecule has 1 atom stereocenters. The van der Waals surface area contributed by atoms with Gasteiger partial charge >= 0.3 is 0 Å². The van der Waals surface area contributed by atoms with Gasteiger partial charge in [-0.15, -0.1) is 0 Å². The van der Waals surface area contributed by atoms with Gasteiger partial charge in [0.05, 0.1) is 11.4 Å². The maximum atomic E-state index is 12.2. The topological polar surface area (TPSA) is 99.3 Å². The second kappa shape index (κ2) is 5.42. The van der Waals surface area contributed by atoms with Crippen LogP contribution in [0.2, 0.25) is 0 Å². The van der Waals surface area contributed by atoms with Crippen molar-refractivity contribution >= 4 is 17.3 Å². The fourth-order valence-corrected chi connectivity index (χ4v) is 2.64. The van der Waals surface area contributed by atoms with Crippen LogP contribution in [-0.4, -0.2) is 27.9 Å². The third-order valence-corrected chi connectivity index (χ3v) is 4.09. The normalized spacial score (nSPS) is 20.0. The lowest BCUT2D eigenvalue weighted by Gasteiger charge is -2.10. The molecule has 3 N–H and O–H groups in total. The monoisotopic (exact) mass is 312 g/mol. The predicted octanol–water partition coefficient (Wildman–Crippen LogP) is 1.86. The van der Waals surface area contributed by atoms with Gasteiger partial charge in [-0.1, -0.05) is 17.3 Å². The van der Waals surface area contributed by atoms with Crippen LogP contribution in [0, 0.1) is 5.92 Å². The number of hydrogen-bond acceptors (Lipinski definition) is 4. The molecular formula is C16H16N4O3. The Bertz CT molecular complexity index is 814. The molecule has 1 aromatic carbocycles. The van der Waals surface area contributed by atoms with E-state index in [4.69, 9.17) is 4.84 Å². The van der Waals surface area contributed by atoms with Gasteiger partial charge in [0.1, 0.15) is 0 Å². The lowest BCUT2D eigenvalue weighted by Crippen LogP contribution is -2.28. The van der Waals surface area contributed by atoms with E-state index in [1.807, 2.05) is 12.1 Å². The number of nitrogens with zero attached hydrogens (tertiary/aromatic N) is 1. The average molecular weight is 312 g/mol. The van der Waals surface area contributed by atoms with E-state index in [2.05, 4.69) is 20.7 Å². The molecule has 7 nitrogen and oxygen atoms in total. The fourth-order valence-electron chi connectivity index (χ4n) is 2.64. The number of carbonyl (C=O) groups excluding carboxylic acids is 1. The summed E-state index contributed by atoms with van der Waals surface area (Å²) in [6, 6.07) is 8.72. The first kappa shape index (κ1) is 13.8. The van der Waals surface area contributed by atoms with Crippen LogP contribution in [0.1, 0.15) is 19.3 Å². The first-order chi connectivity index (χ1) is 11.2. The van der Waals surface area contributed by atoms with Gasteiger partial charge in [-0.25, -0.2) is 0 Å². The Balaban J connectivity index is 1.39. The van der Waals surface area contributed by atoms with Gasteiger partial charge in [-0.2, -0.15) is 0 Å². The highest BCUT2D eigenvalue weighted by atomic mass is 16.6. The Hall–Kier alpha value is -2.83. The number of carbonyl (C=O) groups is 1. The quantitative estimate of drug-likeness (QED) is 0.803. The van der Waals surface area contributed by atoms with Crippen molar-refractivity contribution in [3.05, 3.63) is 40.7 Å². The van der Waals surface area contributed by atoms with Crippen molar-refractivity contribution in [1.29, 1.82) is 0 Å². The van der Waals surface area contributed by atoms with E-state index in [1.165, 1.54) is 6.07 Å². The Morgan fingerprint density at radius 1 is 1.22 bits per heavy atom. The molecule has 1 aliphatic heterocycles. The van der Waals surface area contributed by atoms with Crippen LogP contribution in [0.25, 0.3) is 11.3 Å². The molecule has 0 saturated heterocycles. The zero-order chi connectivity index (χ0) is 15.8. The average Bonchev–Trinajstić information content (AvgIpc) is 3.12. The second-order valence-corrected chi connectivity index (χ2v) is 5.89. The van der Waals surface area contributed by atoms with Crippen molar-refractivity contribution < 1.29 is 9.63 Å². The summed E-state index contributed by atoms with van der Waals surface area (Å²) in [7, 11) is 0. The van der Waals surface area contributed by atoms with Gasteiger partial charge < -0.3 is 10.2 Å². The minimum atomic E-state index is -0.536. The molecule has 1 aromatic heterocycles. The number of nitrogens with one attached hydrogen (secondary N) is 3. The summed E-state index contributed by atoms with van der Waals surface area (Å²) in [5, 5.41) is 12.1. The van der Waals surface area contributed by atoms with Crippen LogP contribution in [0.4, 0.5) is 5.69 Å². The van der Waals surface area contributed by atoms with Crippen LogP contribution in [0.15, 0.2) is 40.3 Å². The maximum absolute atomic E-state index is 12.2.